The van der Waals surface area contributed by atoms with Crippen LogP contribution in [-0.2, 0) is 0 Å². The summed E-state index contributed by atoms with van der Waals surface area (Å²) in [5.74, 6) is 0. The van der Waals surface area contributed by atoms with Gasteiger partial charge in [0.2, 0.25) is 0 Å². The third kappa shape index (κ3) is 4.93. The van der Waals surface area contributed by atoms with Crippen molar-refractivity contribution in [3.63, 3.8) is 0 Å². The number of aryl methyl sites for hydroxylation is 1. The van der Waals surface area contributed by atoms with Crippen LogP contribution >= 0.6 is 0 Å². The van der Waals surface area contributed by atoms with Gasteiger partial charge in [-0.1, -0.05) is 0 Å². The summed E-state index contributed by atoms with van der Waals surface area (Å²) in [6, 6.07) is 10.7. The molecule has 0 fully saturated rings. The third-order valence-corrected chi connectivity index (χ3v) is 22.2. The fraction of sp³-hybridized carbons (Fsp3) is 0.609. The molecule has 0 atom stereocenters. The van der Waals surface area contributed by atoms with Crippen molar-refractivity contribution in [3.05, 3.63) is 41.7 Å². The first-order valence-corrected chi connectivity index (χ1v) is 18.2. The van der Waals surface area contributed by atoms with Crippen molar-refractivity contribution >= 4 is 22.0 Å². The van der Waals surface area contributed by atoms with Crippen LogP contribution in [0.15, 0.2) is 30.3 Å². The number of hydrogen-bond donors (Lipinski definition) is 0. The van der Waals surface area contributed by atoms with Gasteiger partial charge in [0.1, 0.15) is 0 Å². The second-order valence-electron chi connectivity index (χ2n) is 7.88. The minimum atomic E-state index is -2.45. The van der Waals surface area contributed by atoms with Crippen LogP contribution in [0.25, 0.3) is 5.69 Å². The average Bonchev–Trinajstić information content (AvgIpc) is 2.97. The van der Waals surface area contributed by atoms with Crippen molar-refractivity contribution in [1.82, 2.24) is 9.78 Å². The molecule has 0 amide bonds. The van der Waals surface area contributed by atoms with Gasteiger partial charge >= 0.3 is 166 Å². The predicted molar refractivity (Wildman–Crippen MR) is 118 cm³/mol. The van der Waals surface area contributed by atoms with Gasteiger partial charge in [-0.3, -0.25) is 0 Å². The van der Waals surface area contributed by atoms with Crippen LogP contribution in [0.5, 0.6) is 0 Å². The molecule has 0 unspecified atom stereocenters. The molecule has 2 nitrogen and oxygen atoms in total. The molecular formula is C23H38N2Sn. The van der Waals surface area contributed by atoms with E-state index in [0.717, 1.165) is 0 Å². The first-order chi connectivity index (χ1) is 12.6. The molecule has 0 aliphatic heterocycles. The molecule has 26 heavy (non-hydrogen) atoms. The summed E-state index contributed by atoms with van der Waals surface area (Å²) in [7, 11) is 0. The zero-order valence-corrected chi connectivity index (χ0v) is 20.5. The summed E-state index contributed by atoms with van der Waals surface area (Å²) in [6.07, 6.45) is 8.17. The monoisotopic (exact) mass is 462 g/mol. The normalized spacial score (nSPS) is 11.9. The van der Waals surface area contributed by atoms with E-state index in [-0.39, 0.29) is 0 Å². The zero-order valence-electron chi connectivity index (χ0n) is 17.6. The van der Waals surface area contributed by atoms with Crippen LogP contribution in [0.3, 0.4) is 0 Å². The molecule has 3 heteroatoms. The van der Waals surface area contributed by atoms with E-state index in [9.17, 15) is 0 Å². The topological polar surface area (TPSA) is 17.8 Å². The quantitative estimate of drug-likeness (QED) is 0.348. The predicted octanol–water partition coefficient (Wildman–Crippen LogP) is 6.55. The fourth-order valence-corrected chi connectivity index (χ4v) is 22.5. The van der Waals surface area contributed by atoms with E-state index in [1.54, 1.807) is 3.58 Å². The molecular weight excluding hydrogens is 423 g/mol. The molecule has 144 valence electrons. The van der Waals surface area contributed by atoms with E-state index in [4.69, 9.17) is 5.10 Å². The van der Waals surface area contributed by atoms with E-state index >= 15 is 0 Å². The van der Waals surface area contributed by atoms with Crippen molar-refractivity contribution in [2.75, 3.05) is 0 Å². The Morgan fingerprint density at radius 2 is 1.31 bits per heavy atom. The summed E-state index contributed by atoms with van der Waals surface area (Å²) in [5, 5.41) is 5.04. The third-order valence-electron chi connectivity index (χ3n) is 5.85. The molecule has 2 rings (SSSR count). The summed E-state index contributed by atoms with van der Waals surface area (Å²) in [4.78, 5) is 0. The van der Waals surface area contributed by atoms with E-state index in [1.807, 2.05) is 0 Å². The van der Waals surface area contributed by atoms with Gasteiger partial charge in [0.25, 0.3) is 0 Å². The summed E-state index contributed by atoms with van der Waals surface area (Å²) >= 11 is -2.45. The van der Waals surface area contributed by atoms with E-state index < -0.39 is 18.4 Å². The fourth-order valence-electron chi connectivity index (χ4n) is 4.53. The maximum atomic E-state index is 5.04. The minimum absolute atomic E-state index is 1.21. The van der Waals surface area contributed by atoms with Crippen molar-refractivity contribution < 1.29 is 0 Å². The van der Waals surface area contributed by atoms with Gasteiger partial charge in [-0.2, -0.15) is 0 Å². The number of hydrogen-bond acceptors (Lipinski definition) is 1. The van der Waals surface area contributed by atoms with Crippen LogP contribution < -0.4 is 3.58 Å². The van der Waals surface area contributed by atoms with E-state index in [2.05, 4.69) is 69.6 Å². The average molecular weight is 461 g/mol. The number of benzene rings is 1. The van der Waals surface area contributed by atoms with Gasteiger partial charge in [-0.15, -0.1) is 0 Å². The van der Waals surface area contributed by atoms with Crippen LogP contribution in [0.2, 0.25) is 13.3 Å². The molecule has 0 N–H and O–H groups in total. The van der Waals surface area contributed by atoms with Gasteiger partial charge < -0.3 is 0 Å². The first-order valence-electron chi connectivity index (χ1n) is 10.7. The van der Waals surface area contributed by atoms with Crippen LogP contribution in [0, 0.1) is 13.8 Å². The zero-order chi connectivity index (χ0) is 19.0. The summed E-state index contributed by atoms with van der Waals surface area (Å²) in [5.41, 5.74) is 3.97. The number of nitrogens with zero attached hydrogens (tertiary/aromatic N) is 2. The number of para-hydroxylation sites is 1. The van der Waals surface area contributed by atoms with Gasteiger partial charge in [-0.05, 0) is 0 Å². The molecule has 0 aliphatic rings. The van der Waals surface area contributed by atoms with Gasteiger partial charge in [0.05, 0.1) is 0 Å². The van der Waals surface area contributed by atoms with E-state index in [1.165, 1.54) is 68.9 Å². The van der Waals surface area contributed by atoms with Gasteiger partial charge in [0.15, 0.2) is 0 Å². The van der Waals surface area contributed by atoms with Crippen molar-refractivity contribution in [2.45, 2.75) is 86.5 Å². The molecule has 2 aromatic rings. The van der Waals surface area contributed by atoms with Gasteiger partial charge in [-0.25, -0.2) is 0 Å². The summed E-state index contributed by atoms with van der Waals surface area (Å²) in [6.45, 7) is 11.7. The first kappa shape index (κ1) is 21.5. The molecule has 0 aliphatic carbocycles. The standard InChI is InChI=1S/C11H11N2.3C4H9.Sn/c1-9-8-10(2)13(12-9)11-6-4-3-5-7-11;3*1-3-4-2;/h3-7H,1-2H3;3*1,3-4H2,2H3;. The van der Waals surface area contributed by atoms with Crippen LogP contribution in [0.4, 0.5) is 0 Å². The van der Waals surface area contributed by atoms with Crippen LogP contribution in [-0.4, -0.2) is 28.2 Å². The Bertz CT molecular complexity index is 639. The Morgan fingerprint density at radius 1 is 0.808 bits per heavy atom. The molecule has 0 radical (unpaired) electrons. The Labute approximate surface area is 165 Å². The Balaban J connectivity index is 2.53. The maximum absolute atomic E-state index is 5.04. The molecule has 1 heterocycles. The van der Waals surface area contributed by atoms with Crippen molar-refractivity contribution in [2.24, 2.45) is 0 Å². The second-order valence-corrected chi connectivity index (χ2v) is 20.9. The Hall–Kier alpha value is -0.771. The van der Waals surface area contributed by atoms with Crippen LogP contribution in [0.1, 0.15) is 70.7 Å². The van der Waals surface area contributed by atoms with Crippen molar-refractivity contribution in [1.29, 1.82) is 0 Å². The number of rotatable bonds is 11. The summed E-state index contributed by atoms with van der Waals surface area (Å²) < 4.78 is 8.49. The van der Waals surface area contributed by atoms with E-state index in [0.29, 0.717) is 0 Å². The molecule has 0 bridgehead atoms. The second kappa shape index (κ2) is 10.5. The molecule has 0 saturated heterocycles. The molecule has 1 aromatic carbocycles. The van der Waals surface area contributed by atoms with Crippen molar-refractivity contribution in [3.8, 4) is 5.69 Å². The molecule has 0 saturated carbocycles. The molecule has 1 aromatic heterocycles. The van der Waals surface area contributed by atoms with Gasteiger partial charge in [0, 0.05) is 0 Å². The molecule has 0 spiro atoms. The number of unbranched alkanes of at least 4 members (excludes halogenated alkanes) is 3. The Kier molecular flexibility index (Phi) is 8.72. The Morgan fingerprint density at radius 3 is 1.77 bits per heavy atom. The number of aromatic nitrogens is 2. The SMILES string of the molecule is CCC[CH2][Sn]([CH2]CCC)([CH2]CCC)[c]1c(C)nn(-c2ccccc2)c1C.